The zero-order valence-electron chi connectivity index (χ0n) is 12.9. The minimum absolute atomic E-state index is 0.446. The van der Waals surface area contributed by atoms with Crippen LogP contribution in [0, 0.1) is 0 Å². The molecule has 0 saturated heterocycles. The van der Waals surface area contributed by atoms with E-state index < -0.39 is 6.04 Å². The van der Waals surface area contributed by atoms with Crippen LogP contribution in [-0.2, 0) is 6.54 Å². The number of rotatable bonds is 4. The lowest BCUT2D eigenvalue weighted by molar-refractivity contribution is 0.487. The van der Waals surface area contributed by atoms with E-state index in [1.165, 1.54) is 6.33 Å². The topological polar surface area (TPSA) is 82.8 Å². The summed E-state index contributed by atoms with van der Waals surface area (Å²) in [6.07, 6.45) is 4.72. The number of hydrogen-bond acceptors (Lipinski definition) is 5. The number of aromatic nitrogens is 4. The summed E-state index contributed by atoms with van der Waals surface area (Å²) < 4.78 is 7.24. The van der Waals surface area contributed by atoms with E-state index in [4.69, 9.17) is 33.4 Å². The van der Waals surface area contributed by atoms with E-state index in [1.807, 2.05) is 10.6 Å². The summed E-state index contributed by atoms with van der Waals surface area (Å²) in [4.78, 5) is 13.1. The molecule has 0 aliphatic carbocycles. The van der Waals surface area contributed by atoms with Gasteiger partial charge in [-0.3, -0.25) is 0 Å². The minimum atomic E-state index is -0.521. The highest BCUT2D eigenvalue weighted by Crippen LogP contribution is 2.28. The summed E-state index contributed by atoms with van der Waals surface area (Å²) in [6, 6.07) is 8.48. The molecule has 126 valence electrons. The summed E-state index contributed by atoms with van der Waals surface area (Å²) in [5, 5.41) is 1.19. The molecule has 1 aromatic carbocycles. The van der Waals surface area contributed by atoms with E-state index in [0.29, 0.717) is 39.2 Å². The Morgan fingerprint density at radius 3 is 2.60 bits per heavy atom. The monoisotopic (exact) mass is 373 g/mol. The highest BCUT2D eigenvalue weighted by atomic mass is 35.5. The maximum Gasteiger partial charge on any atom is 0.163 e. The molecule has 0 aliphatic heterocycles. The first kappa shape index (κ1) is 16.1. The fourth-order valence-corrected chi connectivity index (χ4v) is 3.22. The summed E-state index contributed by atoms with van der Waals surface area (Å²) in [5.74, 6) is 0.615. The van der Waals surface area contributed by atoms with Gasteiger partial charge in [-0.05, 0) is 24.3 Å². The lowest BCUT2D eigenvalue weighted by Crippen LogP contribution is -2.14. The molecule has 2 N–H and O–H groups in total. The van der Waals surface area contributed by atoms with Crippen molar-refractivity contribution in [1.29, 1.82) is 0 Å². The molecule has 8 heteroatoms. The Kier molecular flexibility index (Phi) is 4.17. The molecule has 0 bridgehead atoms. The number of halogens is 2. The number of imidazole rings is 1. The number of furan rings is 1. The third kappa shape index (κ3) is 2.89. The van der Waals surface area contributed by atoms with Gasteiger partial charge in [-0.2, -0.15) is 0 Å². The van der Waals surface area contributed by atoms with Gasteiger partial charge in [-0.15, -0.1) is 0 Å². The van der Waals surface area contributed by atoms with E-state index in [9.17, 15) is 0 Å². The summed E-state index contributed by atoms with van der Waals surface area (Å²) in [7, 11) is 0. The van der Waals surface area contributed by atoms with Crippen LogP contribution in [0.15, 0.2) is 53.7 Å². The Balaban J connectivity index is 1.77. The molecule has 0 aliphatic rings. The normalized spacial score (nSPS) is 12.6. The van der Waals surface area contributed by atoms with Crippen LogP contribution < -0.4 is 5.73 Å². The second-order valence-corrected chi connectivity index (χ2v) is 6.31. The molecule has 25 heavy (non-hydrogen) atoms. The highest BCUT2D eigenvalue weighted by molar-refractivity contribution is 6.36. The average Bonchev–Trinajstić information content (AvgIpc) is 3.27. The Bertz CT molecular complexity index is 1010. The average molecular weight is 374 g/mol. The predicted molar refractivity (Wildman–Crippen MR) is 95.6 cm³/mol. The van der Waals surface area contributed by atoms with Gasteiger partial charge in [0.2, 0.25) is 0 Å². The van der Waals surface area contributed by atoms with Crippen LogP contribution in [0.5, 0.6) is 0 Å². The first-order valence-electron chi connectivity index (χ1n) is 7.52. The van der Waals surface area contributed by atoms with Crippen molar-refractivity contribution >= 4 is 34.4 Å². The molecule has 4 rings (SSSR count). The number of nitrogens with two attached hydrogens (primary N) is 1. The van der Waals surface area contributed by atoms with Crippen LogP contribution in [0.2, 0.25) is 10.0 Å². The van der Waals surface area contributed by atoms with Crippen molar-refractivity contribution < 1.29 is 4.42 Å². The van der Waals surface area contributed by atoms with Crippen LogP contribution in [0.1, 0.15) is 23.1 Å². The van der Waals surface area contributed by atoms with Crippen LogP contribution in [0.4, 0.5) is 0 Å². The molecule has 0 radical (unpaired) electrons. The largest absolute Gasteiger partial charge is 0.467 e. The predicted octanol–water partition coefficient (Wildman–Crippen LogP) is 3.82. The van der Waals surface area contributed by atoms with E-state index in [-0.39, 0.29) is 0 Å². The van der Waals surface area contributed by atoms with Crippen molar-refractivity contribution in [3.05, 3.63) is 76.3 Å². The zero-order chi connectivity index (χ0) is 17.4. The second-order valence-electron chi connectivity index (χ2n) is 5.50. The summed E-state index contributed by atoms with van der Waals surface area (Å²) in [5.41, 5.74) is 8.94. The fraction of sp³-hybridized carbons (Fsp3) is 0.118. The first-order chi connectivity index (χ1) is 12.1. The summed E-state index contributed by atoms with van der Waals surface area (Å²) in [6.45, 7) is 0.446. The molecule has 1 atom stereocenters. The molecule has 3 aromatic heterocycles. The molecular formula is C17H13Cl2N5O. The molecule has 0 saturated carbocycles. The van der Waals surface area contributed by atoms with E-state index in [0.717, 1.165) is 5.56 Å². The van der Waals surface area contributed by atoms with Crippen molar-refractivity contribution in [3.8, 4) is 0 Å². The van der Waals surface area contributed by atoms with E-state index >= 15 is 0 Å². The highest BCUT2D eigenvalue weighted by Gasteiger charge is 2.20. The van der Waals surface area contributed by atoms with Crippen molar-refractivity contribution in [2.45, 2.75) is 12.6 Å². The van der Waals surface area contributed by atoms with Crippen LogP contribution >= 0.6 is 23.2 Å². The van der Waals surface area contributed by atoms with Gasteiger partial charge >= 0.3 is 0 Å². The number of hydrogen-bond donors (Lipinski definition) is 1. The molecular weight excluding hydrogens is 361 g/mol. The fourth-order valence-electron chi connectivity index (χ4n) is 2.70. The molecule has 0 spiro atoms. The maximum absolute atomic E-state index is 6.26. The third-order valence-electron chi connectivity index (χ3n) is 3.96. The summed E-state index contributed by atoms with van der Waals surface area (Å²) >= 11 is 12.5. The molecule has 6 nitrogen and oxygen atoms in total. The van der Waals surface area contributed by atoms with Gasteiger partial charge in [-0.25, -0.2) is 15.0 Å². The lowest BCUT2D eigenvalue weighted by Gasteiger charge is -2.10. The van der Waals surface area contributed by atoms with Gasteiger partial charge in [0.05, 0.1) is 24.8 Å². The zero-order valence-corrected chi connectivity index (χ0v) is 14.4. The van der Waals surface area contributed by atoms with E-state index in [1.54, 1.807) is 36.9 Å². The van der Waals surface area contributed by atoms with E-state index in [2.05, 4.69) is 15.0 Å². The Hall–Kier alpha value is -2.41. The van der Waals surface area contributed by atoms with Crippen LogP contribution in [0.3, 0.4) is 0 Å². The van der Waals surface area contributed by atoms with Crippen molar-refractivity contribution in [1.82, 2.24) is 19.5 Å². The minimum Gasteiger partial charge on any atom is -0.467 e. The van der Waals surface area contributed by atoms with Gasteiger partial charge in [0.15, 0.2) is 5.65 Å². The smallest absolute Gasteiger partial charge is 0.163 e. The Labute approximate surface area is 153 Å². The Morgan fingerprint density at radius 1 is 1.08 bits per heavy atom. The van der Waals surface area contributed by atoms with Gasteiger partial charge in [0.1, 0.15) is 23.6 Å². The van der Waals surface area contributed by atoms with Gasteiger partial charge in [0.25, 0.3) is 0 Å². The van der Waals surface area contributed by atoms with Crippen LogP contribution in [-0.4, -0.2) is 19.5 Å². The van der Waals surface area contributed by atoms with Crippen molar-refractivity contribution in [2.24, 2.45) is 5.73 Å². The number of fused-ring (bicyclic) bond motifs is 1. The molecule has 3 heterocycles. The first-order valence-corrected chi connectivity index (χ1v) is 8.28. The third-order valence-corrected chi connectivity index (χ3v) is 4.67. The molecule has 4 aromatic rings. The van der Waals surface area contributed by atoms with Crippen LogP contribution in [0.25, 0.3) is 11.2 Å². The maximum atomic E-state index is 6.26. The number of benzene rings is 1. The second kappa shape index (κ2) is 6.48. The molecule has 0 fully saturated rings. The molecule has 0 amide bonds. The van der Waals surface area contributed by atoms with Gasteiger partial charge < -0.3 is 14.7 Å². The Morgan fingerprint density at radius 2 is 1.88 bits per heavy atom. The van der Waals surface area contributed by atoms with Crippen molar-refractivity contribution in [2.75, 3.05) is 0 Å². The number of nitrogens with zero attached hydrogens (tertiary/aromatic N) is 4. The van der Waals surface area contributed by atoms with Crippen molar-refractivity contribution in [3.63, 3.8) is 0 Å². The standard InChI is InChI=1S/C17H13Cl2N5O/c18-11-3-1-4-12(19)10(11)7-24-9-23-16-15(21-8-22-17(16)24)14(20)13-5-2-6-25-13/h1-6,8-9,14H,7,20H2. The SMILES string of the molecule is NC(c1ccco1)c1ncnc2c1ncn2Cc1c(Cl)cccc1Cl. The van der Waals surface area contributed by atoms with Gasteiger partial charge in [0, 0.05) is 15.6 Å². The quantitative estimate of drug-likeness (QED) is 0.587. The lowest BCUT2D eigenvalue weighted by atomic mass is 10.1. The van der Waals surface area contributed by atoms with Gasteiger partial charge in [-0.1, -0.05) is 29.3 Å². The molecule has 1 unspecified atom stereocenters.